The molecule has 128 valence electrons. The maximum atomic E-state index is 11.9. The van der Waals surface area contributed by atoms with Crippen molar-refractivity contribution in [2.24, 2.45) is 0 Å². The number of nitrogens with two attached hydrogens (primary N) is 1. The van der Waals surface area contributed by atoms with Crippen LogP contribution in [-0.4, -0.2) is 19.0 Å². The number of carbonyl (C=O) groups is 2. The number of ether oxygens (including phenoxy) is 1. The molecule has 0 aromatic heterocycles. The van der Waals surface area contributed by atoms with Crippen molar-refractivity contribution >= 4 is 23.3 Å². The normalized spacial score (nSPS) is 10.3. The number of hydrogen-bond donors (Lipinski definition) is 2. The minimum Gasteiger partial charge on any atom is -0.465 e. The summed E-state index contributed by atoms with van der Waals surface area (Å²) in [7, 11) is 1.32. The van der Waals surface area contributed by atoms with Crippen molar-refractivity contribution in [3.05, 3.63) is 23.8 Å². The first-order valence-electron chi connectivity index (χ1n) is 8.36. The van der Waals surface area contributed by atoms with Crippen LogP contribution in [0.25, 0.3) is 0 Å². The fraction of sp³-hybridized carbons (Fsp3) is 0.556. The predicted octanol–water partition coefficient (Wildman–Crippen LogP) is 4.13. The van der Waals surface area contributed by atoms with Crippen molar-refractivity contribution in [3.8, 4) is 0 Å². The average molecular weight is 320 g/mol. The Bertz CT molecular complexity index is 515. The predicted molar refractivity (Wildman–Crippen MR) is 93.4 cm³/mol. The number of esters is 1. The summed E-state index contributed by atoms with van der Waals surface area (Å²) >= 11 is 0. The van der Waals surface area contributed by atoms with E-state index < -0.39 is 5.97 Å². The van der Waals surface area contributed by atoms with Crippen molar-refractivity contribution in [1.82, 2.24) is 0 Å². The van der Waals surface area contributed by atoms with E-state index in [1.807, 2.05) is 0 Å². The van der Waals surface area contributed by atoms with E-state index in [1.165, 1.54) is 45.3 Å². The molecule has 23 heavy (non-hydrogen) atoms. The molecule has 0 radical (unpaired) electrons. The van der Waals surface area contributed by atoms with Gasteiger partial charge in [-0.15, -0.1) is 0 Å². The summed E-state index contributed by atoms with van der Waals surface area (Å²) in [6, 6.07) is 4.73. The second-order valence-electron chi connectivity index (χ2n) is 5.71. The van der Waals surface area contributed by atoms with Crippen LogP contribution in [0.1, 0.15) is 68.6 Å². The third-order valence-electron chi connectivity index (χ3n) is 3.75. The number of nitrogen functional groups attached to an aromatic ring is 1. The van der Waals surface area contributed by atoms with Crippen molar-refractivity contribution < 1.29 is 14.3 Å². The monoisotopic (exact) mass is 320 g/mol. The summed E-state index contributed by atoms with van der Waals surface area (Å²) in [5.74, 6) is -0.492. The summed E-state index contributed by atoms with van der Waals surface area (Å²) in [5.41, 5.74) is 7.13. The Kier molecular flexibility index (Phi) is 8.80. The number of amides is 1. The van der Waals surface area contributed by atoms with Crippen molar-refractivity contribution in [2.75, 3.05) is 18.2 Å². The maximum absolute atomic E-state index is 11.9. The van der Waals surface area contributed by atoms with Crippen LogP contribution in [0.4, 0.5) is 11.4 Å². The molecule has 1 rings (SSSR count). The topological polar surface area (TPSA) is 81.4 Å². The molecule has 0 saturated heterocycles. The van der Waals surface area contributed by atoms with Crippen molar-refractivity contribution in [2.45, 2.75) is 58.3 Å². The van der Waals surface area contributed by atoms with E-state index in [4.69, 9.17) is 5.73 Å². The van der Waals surface area contributed by atoms with Gasteiger partial charge in [0.2, 0.25) is 5.91 Å². The molecule has 5 nitrogen and oxygen atoms in total. The number of unbranched alkanes of at least 4 members (excludes halogenated alkanes) is 6. The number of carbonyl (C=O) groups excluding carboxylic acids is 2. The Balaban J connectivity index is 2.33. The van der Waals surface area contributed by atoms with Crippen LogP contribution in [0.3, 0.4) is 0 Å². The molecule has 1 aromatic rings. The molecule has 1 aromatic carbocycles. The first-order chi connectivity index (χ1) is 11.1. The number of rotatable bonds is 10. The lowest BCUT2D eigenvalue weighted by molar-refractivity contribution is -0.116. The molecular formula is C18H28N2O3. The fourth-order valence-electron chi connectivity index (χ4n) is 2.38. The first kappa shape index (κ1) is 19.0. The highest BCUT2D eigenvalue weighted by Crippen LogP contribution is 2.21. The standard InChI is InChI=1S/C18H28N2O3/c1-3-4-5-6-7-8-9-10-17(21)20-16-12-11-14(13-15(16)19)18(22)23-2/h11-13H,3-10,19H2,1-2H3,(H,20,21). The van der Waals surface area contributed by atoms with Crippen LogP contribution >= 0.6 is 0 Å². The van der Waals surface area contributed by atoms with E-state index in [1.54, 1.807) is 12.1 Å². The minimum absolute atomic E-state index is 0.0453. The second-order valence-corrected chi connectivity index (χ2v) is 5.71. The van der Waals surface area contributed by atoms with Crippen LogP contribution in [0.5, 0.6) is 0 Å². The van der Waals surface area contributed by atoms with Crippen LogP contribution in [0.2, 0.25) is 0 Å². The lowest BCUT2D eigenvalue weighted by Crippen LogP contribution is -2.13. The number of benzene rings is 1. The van der Waals surface area contributed by atoms with Crippen LogP contribution in [0, 0.1) is 0 Å². The summed E-state index contributed by atoms with van der Waals surface area (Å²) in [6.07, 6.45) is 8.71. The van der Waals surface area contributed by atoms with E-state index in [9.17, 15) is 9.59 Å². The van der Waals surface area contributed by atoms with Gasteiger partial charge >= 0.3 is 5.97 Å². The molecule has 0 bridgehead atoms. The van der Waals surface area contributed by atoms with Crippen molar-refractivity contribution in [1.29, 1.82) is 0 Å². The zero-order chi connectivity index (χ0) is 17.1. The molecule has 0 aliphatic heterocycles. The molecule has 0 aliphatic rings. The van der Waals surface area contributed by atoms with Gasteiger partial charge in [-0.3, -0.25) is 4.79 Å². The number of nitrogens with one attached hydrogen (secondary N) is 1. The van der Waals surface area contributed by atoms with Gasteiger partial charge in [0.15, 0.2) is 0 Å². The van der Waals surface area contributed by atoms with E-state index in [0.29, 0.717) is 23.4 Å². The summed E-state index contributed by atoms with van der Waals surface area (Å²) in [5, 5.41) is 2.79. The summed E-state index contributed by atoms with van der Waals surface area (Å²) in [6.45, 7) is 2.20. The van der Waals surface area contributed by atoms with Gasteiger partial charge in [0, 0.05) is 6.42 Å². The number of methoxy groups -OCH3 is 1. The molecule has 0 aliphatic carbocycles. The largest absolute Gasteiger partial charge is 0.465 e. The highest BCUT2D eigenvalue weighted by molar-refractivity contribution is 5.96. The molecular weight excluding hydrogens is 292 g/mol. The molecule has 5 heteroatoms. The van der Waals surface area contributed by atoms with Gasteiger partial charge < -0.3 is 15.8 Å². The maximum Gasteiger partial charge on any atom is 0.337 e. The van der Waals surface area contributed by atoms with Gasteiger partial charge in [0.05, 0.1) is 24.0 Å². The fourth-order valence-corrected chi connectivity index (χ4v) is 2.38. The molecule has 0 unspecified atom stereocenters. The number of hydrogen-bond acceptors (Lipinski definition) is 4. The van der Waals surface area contributed by atoms with E-state index in [-0.39, 0.29) is 5.91 Å². The molecule has 0 heterocycles. The zero-order valence-corrected chi connectivity index (χ0v) is 14.2. The molecule has 0 fully saturated rings. The van der Waals surface area contributed by atoms with Gasteiger partial charge in [-0.25, -0.2) is 4.79 Å². The highest BCUT2D eigenvalue weighted by atomic mass is 16.5. The third-order valence-corrected chi connectivity index (χ3v) is 3.75. The summed E-state index contributed by atoms with van der Waals surface area (Å²) in [4.78, 5) is 23.3. The van der Waals surface area contributed by atoms with Gasteiger partial charge in [-0.05, 0) is 24.6 Å². The highest BCUT2D eigenvalue weighted by Gasteiger charge is 2.10. The zero-order valence-electron chi connectivity index (χ0n) is 14.2. The lowest BCUT2D eigenvalue weighted by Gasteiger charge is -2.09. The first-order valence-corrected chi connectivity index (χ1v) is 8.36. The lowest BCUT2D eigenvalue weighted by atomic mass is 10.1. The molecule has 0 atom stereocenters. The van der Waals surface area contributed by atoms with Gasteiger partial charge in [-0.2, -0.15) is 0 Å². The van der Waals surface area contributed by atoms with Gasteiger partial charge in [0.25, 0.3) is 0 Å². The minimum atomic E-state index is -0.447. The Labute approximate surface area is 138 Å². The molecule has 3 N–H and O–H groups in total. The Morgan fingerprint density at radius 2 is 1.74 bits per heavy atom. The van der Waals surface area contributed by atoms with Crippen LogP contribution in [-0.2, 0) is 9.53 Å². The van der Waals surface area contributed by atoms with E-state index in [2.05, 4.69) is 17.0 Å². The Morgan fingerprint density at radius 1 is 1.09 bits per heavy atom. The third kappa shape index (κ3) is 7.17. The second kappa shape index (κ2) is 10.6. The van der Waals surface area contributed by atoms with E-state index in [0.717, 1.165) is 12.8 Å². The van der Waals surface area contributed by atoms with Gasteiger partial charge in [0.1, 0.15) is 0 Å². The Morgan fingerprint density at radius 3 is 2.35 bits per heavy atom. The van der Waals surface area contributed by atoms with Crippen LogP contribution < -0.4 is 11.1 Å². The van der Waals surface area contributed by atoms with Crippen LogP contribution in [0.15, 0.2) is 18.2 Å². The van der Waals surface area contributed by atoms with E-state index >= 15 is 0 Å². The Hall–Kier alpha value is -2.04. The molecule has 1 amide bonds. The smallest absolute Gasteiger partial charge is 0.337 e. The SMILES string of the molecule is CCCCCCCCCC(=O)Nc1ccc(C(=O)OC)cc1N. The van der Waals surface area contributed by atoms with Gasteiger partial charge in [-0.1, -0.05) is 45.4 Å². The molecule has 0 saturated carbocycles. The summed E-state index contributed by atoms with van der Waals surface area (Å²) < 4.78 is 4.63. The number of anilines is 2. The average Bonchev–Trinajstić information content (AvgIpc) is 2.55. The quantitative estimate of drug-likeness (QED) is 0.386. The van der Waals surface area contributed by atoms with Crippen molar-refractivity contribution in [3.63, 3.8) is 0 Å². The molecule has 0 spiro atoms.